The van der Waals surface area contributed by atoms with Gasteiger partial charge in [-0.05, 0) is 64.2 Å². The molecule has 0 bridgehead atoms. The maximum atomic E-state index is 3.72. The zero-order valence-electron chi connectivity index (χ0n) is 15.4. The maximum absolute atomic E-state index is 3.72. The quantitative estimate of drug-likeness (QED) is 0.668. The van der Waals surface area contributed by atoms with Gasteiger partial charge < -0.3 is 10.2 Å². The number of hydrogen-bond acceptors (Lipinski definition) is 3. The van der Waals surface area contributed by atoms with Gasteiger partial charge in [0.2, 0.25) is 0 Å². The van der Waals surface area contributed by atoms with Gasteiger partial charge in [0.05, 0.1) is 0 Å². The van der Waals surface area contributed by atoms with E-state index < -0.39 is 0 Å². The number of nitrogens with zero attached hydrogens (tertiary/aromatic N) is 2. The molecule has 126 valence electrons. The molecule has 0 aliphatic carbocycles. The Kier molecular flexibility index (Phi) is 8.22. The topological polar surface area (TPSA) is 18.5 Å². The molecule has 1 heterocycles. The largest absolute Gasteiger partial charge is 0.316 e. The lowest BCUT2D eigenvalue weighted by molar-refractivity contribution is 0.111. The third kappa shape index (κ3) is 6.25. The van der Waals surface area contributed by atoms with Crippen molar-refractivity contribution in [2.24, 2.45) is 11.3 Å². The van der Waals surface area contributed by atoms with Crippen molar-refractivity contribution >= 4 is 0 Å². The number of likely N-dealkylation sites (N-methyl/N-ethyl adjacent to an activating group) is 1. The van der Waals surface area contributed by atoms with Crippen LogP contribution in [0.25, 0.3) is 0 Å². The maximum Gasteiger partial charge on any atom is 0.0223 e. The van der Waals surface area contributed by atoms with Crippen molar-refractivity contribution in [1.29, 1.82) is 0 Å². The van der Waals surface area contributed by atoms with Crippen LogP contribution in [0.3, 0.4) is 0 Å². The molecular formula is C18H39N3. The second-order valence-corrected chi connectivity index (χ2v) is 7.76. The van der Waals surface area contributed by atoms with E-state index in [1.807, 2.05) is 0 Å². The summed E-state index contributed by atoms with van der Waals surface area (Å²) in [4.78, 5) is 5.11. The van der Waals surface area contributed by atoms with E-state index >= 15 is 0 Å². The summed E-state index contributed by atoms with van der Waals surface area (Å²) >= 11 is 0. The molecule has 1 unspecified atom stereocenters. The fourth-order valence-electron chi connectivity index (χ4n) is 3.57. The molecule has 1 N–H and O–H groups in total. The van der Waals surface area contributed by atoms with E-state index in [9.17, 15) is 0 Å². The van der Waals surface area contributed by atoms with Gasteiger partial charge in [-0.25, -0.2) is 0 Å². The predicted octanol–water partition coefficient (Wildman–Crippen LogP) is 3.06. The Morgan fingerprint density at radius 3 is 2.43 bits per heavy atom. The highest BCUT2D eigenvalue weighted by Crippen LogP contribution is 2.30. The standard InChI is InChI=1S/C18H39N3/c1-7-18(8-2,14-19-12-16(3)4)15-21-11-9-10-17(21)13-20(5)6/h16-17,19H,7-15H2,1-6H3. The lowest BCUT2D eigenvalue weighted by Crippen LogP contribution is -2.47. The fraction of sp³-hybridized carbons (Fsp3) is 1.00. The molecule has 0 radical (unpaired) electrons. The Morgan fingerprint density at radius 2 is 1.90 bits per heavy atom. The van der Waals surface area contributed by atoms with Gasteiger partial charge in [-0.2, -0.15) is 0 Å². The summed E-state index contributed by atoms with van der Waals surface area (Å²) in [5.74, 6) is 0.740. The average molecular weight is 298 g/mol. The highest BCUT2D eigenvalue weighted by Gasteiger charge is 2.33. The molecule has 0 saturated carbocycles. The molecule has 1 aliphatic rings. The third-order valence-corrected chi connectivity index (χ3v) is 5.17. The van der Waals surface area contributed by atoms with Gasteiger partial charge >= 0.3 is 0 Å². The van der Waals surface area contributed by atoms with Crippen LogP contribution in [-0.4, -0.2) is 62.7 Å². The van der Waals surface area contributed by atoms with E-state index in [2.05, 4.69) is 56.9 Å². The zero-order valence-corrected chi connectivity index (χ0v) is 15.4. The molecule has 0 spiro atoms. The van der Waals surface area contributed by atoms with Gasteiger partial charge in [-0.3, -0.25) is 4.90 Å². The molecule has 0 aromatic carbocycles. The second kappa shape index (κ2) is 9.12. The van der Waals surface area contributed by atoms with Crippen molar-refractivity contribution in [2.45, 2.75) is 59.4 Å². The minimum atomic E-state index is 0.448. The van der Waals surface area contributed by atoms with Crippen LogP contribution < -0.4 is 5.32 Å². The highest BCUT2D eigenvalue weighted by molar-refractivity contribution is 4.89. The van der Waals surface area contributed by atoms with Crippen molar-refractivity contribution in [1.82, 2.24) is 15.1 Å². The Labute approximate surface area is 133 Å². The van der Waals surface area contributed by atoms with Crippen LogP contribution in [0, 0.1) is 11.3 Å². The summed E-state index contributed by atoms with van der Waals surface area (Å²) in [6, 6.07) is 0.766. The van der Waals surface area contributed by atoms with Crippen LogP contribution in [-0.2, 0) is 0 Å². The van der Waals surface area contributed by atoms with E-state index in [1.54, 1.807) is 0 Å². The smallest absolute Gasteiger partial charge is 0.0223 e. The van der Waals surface area contributed by atoms with Gasteiger partial charge in [-0.1, -0.05) is 27.7 Å². The van der Waals surface area contributed by atoms with Crippen LogP contribution in [0.2, 0.25) is 0 Å². The molecule has 0 aromatic rings. The first kappa shape index (κ1) is 18.9. The van der Waals surface area contributed by atoms with E-state index in [0.29, 0.717) is 5.41 Å². The first-order valence-corrected chi connectivity index (χ1v) is 9.02. The summed E-state index contributed by atoms with van der Waals surface area (Å²) in [5, 5.41) is 3.72. The first-order chi connectivity index (χ1) is 9.92. The number of likely N-dealkylation sites (tertiary alicyclic amines) is 1. The molecule has 0 amide bonds. The zero-order chi connectivity index (χ0) is 15.9. The SMILES string of the molecule is CCC(CC)(CNCC(C)C)CN1CCCC1CN(C)C. The van der Waals surface area contributed by atoms with Crippen molar-refractivity contribution in [3.8, 4) is 0 Å². The summed E-state index contributed by atoms with van der Waals surface area (Å²) in [6.45, 7) is 15.4. The second-order valence-electron chi connectivity index (χ2n) is 7.76. The first-order valence-electron chi connectivity index (χ1n) is 9.02. The molecule has 3 nitrogen and oxygen atoms in total. The predicted molar refractivity (Wildman–Crippen MR) is 93.9 cm³/mol. The Morgan fingerprint density at radius 1 is 1.24 bits per heavy atom. The Hall–Kier alpha value is -0.120. The van der Waals surface area contributed by atoms with E-state index in [4.69, 9.17) is 0 Å². The van der Waals surface area contributed by atoms with Gasteiger partial charge in [0.15, 0.2) is 0 Å². The summed E-state index contributed by atoms with van der Waals surface area (Å²) in [5.41, 5.74) is 0.448. The van der Waals surface area contributed by atoms with E-state index in [1.165, 1.54) is 51.9 Å². The lowest BCUT2D eigenvalue weighted by Gasteiger charge is -2.39. The Bertz CT molecular complexity index is 272. The fourth-order valence-corrected chi connectivity index (χ4v) is 3.57. The van der Waals surface area contributed by atoms with E-state index in [-0.39, 0.29) is 0 Å². The number of rotatable bonds is 10. The van der Waals surface area contributed by atoms with Crippen molar-refractivity contribution < 1.29 is 0 Å². The average Bonchev–Trinajstić information content (AvgIpc) is 2.83. The molecule has 1 rings (SSSR count). The minimum Gasteiger partial charge on any atom is -0.316 e. The monoisotopic (exact) mass is 297 g/mol. The van der Waals surface area contributed by atoms with Crippen LogP contribution in [0.15, 0.2) is 0 Å². The molecule has 1 fully saturated rings. The lowest BCUT2D eigenvalue weighted by atomic mass is 9.81. The van der Waals surface area contributed by atoms with Crippen molar-refractivity contribution in [3.05, 3.63) is 0 Å². The van der Waals surface area contributed by atoms with Gasteiger partial charge in [0.1, 0.15) is 0 Å². The molecule has 0 aromatic heterocycles. The Balaban J connectivity index is 2.59. The summed E-state index contributed by atoms with van der Waals surface area (Å²) < 4.78 is 0. The minimum absolute atomic E-state index is 0.448. The van der Waals surface area contributed by atoms with Crippen molar-refractivity contribution in [2.75, 3.05) is 46.8 Å². The normalized spacial score (nSPS) is 20.9. The molecule has 3 heteroatoms. The molecule has 1 atom stereocenters. The third-order valence-electron chi connectivity index (χ3n) is 5.17. The molecule has 21 heavy (non-hydrogen) atoms. The van der Waals surface area contributed by atoms with Crippen LogP contribution >= 0.6 is 0 Å². The van der Waals surface area contributed by atoms with Gasteiger partial charge in [-0.15, -0.1) is 0 Å². The van der Waals surface area contributed by atoms with Gasteiger partial charge in [0.25, 0.3) is 0 Å². The summed E-state index contributed by atoms with van der Waals surface area (Å²) in [6.07, 6.45) is 5.31. The van der Waals surface area contributed by atoms with Crippen LogP contribution in [0.5, 0.6) is 0 Å². The van der Waals surface area contributed by atoms with Crippen LogP contribution in [0.1, 0.15) is 53.4 Å². The van der Waals surface area contributed by atoms with Gasteiger partial charge in [0, 0.05) is 25.7 Å². The van der Waals surface area contributed by atoms with Crippen molar-refractivity contribution in [3.63, 3.8) is 0 Å². The highest BCUT2D eigenvalue weighted by atomic mass is 15.2. The molecule has 1 saturated heterocycles. The summed E-state index contributed by atoms with van der Waals surface area (Å²) in [7, 11) is 4.40. The van der Waals surface area contributed by atoms with Crippen LogP contribution in [0.4, 0.5) is 0 Å². The van der Waals surface area contributed by atoms with E-state index in [0.717, 1.165) is 18.5 Å². The molecular weight excluding hydrogens is 258 g/mol. The number of nitrogens with one attached hydrogen (secondary N) is 1. The number of hydrogen-bond donors (Lipinski definition) is 1. The molecule has 1 aliphatic heterocycles.